The molecule has 2 aromatic carbocycles. The average molecular weight is 475 g/mol. The van der Waals surface area contributed by atoms with Gasteiger partial charge in [0.05, 0.1) is 27.1 Å². The van der Waals surface area contributed by atoms with E-state index in [-0.39, 0.29) is 27.9 Å². The second-order valence-corrected chi connectivity index (χ2v) is 9.61. The molecule has 11 heteroatoms. The minimum Gasteiger partial charge on any atom is -0.350 e. The number of hydrogen-bond donors (Lipinski definition) is 2. The van der Waals surface area contributed by atoms with E-state index in [1.54, 1.807) is 23.5 Å². The maximum Gasteiger partial charge on any atom is 0.270 e. The molecule has 1 heterocycles. The minimum atomic E-state index is -4.15. The van der Waals surface area contributed by atoms with Gasteiger partial charge in [-0.05, 0) is 54.7 Å². The Morgan fingerprint density at radius 1 is 1.16 bits per heavy atom. The van der Waals surface area contributed by atoms with Crippen LogP contribution in [0.25, 0.3) is 0 Å². The molecule has 9 nitrogen and oxygen atoms in total. The van der Waals surface area contributed by atoms with E-state index in [1.807, 2.05) is 35.8 Å². The third-order valence-electron chi connectivity index (χ3n) is 4.76. The van der Waals surface area contributed by atoms with Gasteiger partial charge in [-0.15, -0.1) is 0 Å². The number of nitro groups is 1. The van der Waals surface area contributed by atoms with Gasteiger partial charge in [-0.25, -0.2) is 8.42 Å². The quantitative estimate of drug-likeness (QED) is 0.362. The molecule has 0 aliphatic rings. The molecule has 2 N–H and O–H groups in total. The zero-order valence-corrected chi connectivity index (χ0v) is 19.0. The summed E-state index contributed by atoms with van der Waals surface area (Å²) in [7, 11) is -0.322. The first-order valence-electron chi connectivity index (χ1n) is 9.52. The SMILES string of the molecule is CN(C)C(CNC(=O)c1ccccc1NS(=O)(=O)c1cccc([N+](=O)[O-])c1)c1ccsc1. The van der Waals surface area contributed by atoms with Gasteiger partial charge in [0.1, 0.15) is 0 Å². The number of benzene rings is 2. The van der Waals surface area contributed by atoms with Crippen molar-refractivity contribution in [1.82, 2.24) is 10.2 Å². The molecule has 0 radical (unpaired) electrons. The van der Waals surface area contributed by atoms with Crippen molar-refractivity contribution in [3.63, 3.8) is 0 Å². The number of para-hydroxylation sites is 1. The number of nitrogens with zero attached hydrogens (tertiary/aromatic N) is 2. The summed E-state index contributed by atoms with van der Waals surface area (Å²) in [6.45, 7) is 0.328. The molecule has 32 heavy (non-hydrogen) atoms. The number of likely N-dealkylation sites (N-methyl/N-ethyl adjacent to an activating group) is 1. The van der Waals surface area contributed by atoms with Gasteiger partial charge in [0.15, 0.2) is 0 Å². The van der Waals surface area contributed by atoms with Crippen molar-refractivity contribution < 1.29 is 18.1 Å². The molecule has 3 aromatic rings. The Morgan fingerprint density at radius 3 is 2.56 bits per heavy atom. The first-order chi connectivity index (χ1) is 15.2. The van der Waals surface area contributed by atoms with Gasteiger partial charge in [-0.2, -0.15) is 11.3 Å². The summed E-state index contributed by atoms with van der Waals surface area (Å²) in [5.74, 6) is -0.440. The van der Waals surface area contributed by atoms with Crippen molar-refractivity contribution in [2.24, 2.45) is 0 Å². The highest BCUT2D eigenvalue weighted by Crippen LogP contribution is 2.24. The topological polar surface area (TPSA) is 122 Å². The summed E-state index contributed by atoms with van der Waals surface area (Å²) < 4.78 is 28.0. The lowest BCUT2D eigenvalue weighted by molar-refractivity contribution is -0.385. The van der Waals surface area contributed by atoms with E-state index in [2.05, 4.69) is 10.0 Å². The van der Waals surface area contributed by atoms with Gasteiger partial charge < -0.3 is 10.2 Å². The normalized spacial score (nSPS) is 12.3. The Bertz CT molecular complexity index is 1210. The average Bonchev–Trinajstić information content (AvgIpc) is 3.28. The molecule has 0 bridgehead atoms. The van der Waals surface area contributed by atoms with Crippen LogP contribution in [0.1, 0.15) is 22.0 Å². The monoisotopic (exact) mass is 474 g/mol. The molecule has 168 valence electrons. The van der Waals surface area contributed by atoms with Crippen LogP contribution in [0.4, 0.5) is 11.4 Å². The Kier molecular flexibility index (Phi) is 7.23. The number of thiophene rings is 1. The van der Waals surface area contributed by atoms with Crippen LogP contribution in [-0.2, 0) is 10.0 Å². The zero-order chi connectivity index (χ0) is 23.3. The van der Waals surface area contributed by atoms with Crippen molar-refractivity contribution in [2.75, 3.05) is 25.4 Å². The molecule has 0 saturated heterocycles. The van der Waals surface area contributed by atoms with E-state index < -0.39 is 20.9 Å². The van der Waals surface area contributed by atoms with Crippen molar-refractivity contribution in [3.05, 3.63) is 86.6 Å². The fourth-order valence-electron chi connectivity index (χ4n) is 3.09. The summed E-state index contributed by atoms with van der Waals surface area (Å²) >= 11 is 1.57. The second-order valence-electron chi connectivity index (χ2n) is 7.15. The first-order valence-corrected chi connectivity index (χ1v) is 11.9. The lowest BCUT2D eigenvalue weighted by atomic mass is 10.1. The molecule has 0 fully saturated rings. The maximum atomic E-state index is 12.9. The number of amides is 1. The Morgan fingerprint density at radius 2 is 1.91 bits per heavy atom. The largest absolute Gasteiger partial charge is 0.350 e. The van der Waals surface area contributed by atoms with Crippen LogP contribution >= 0.6 is 11.3 Å². The van der Waals surface area contributed by atoms with Crippen molar-refractivity contribution in [2.45, 2.75) is 10.9 Å². The second kappa shape index (κ2) is 9.90. The van der Waals surface area contributed by atoms with Crippen LogP contribution in [0.3, 0.4) is 0 Å². The molecule has 0 aliphatic carbocycles. The van der Waals surface area contributed by atoms with Crippen LogP contribution in [0, 0.1) is 10.1 Å². The van der Waals surface area contributed by atoms with Crippen LogP contribution in [-0.4, -0.2) is 44.8 Å². The molecular weight excluding hydrogens is 452 g/mol. The molecule has 0 saturated carbocycles. The Labute approximate surface area is 189 Å². The summed E-state index contributed by atoms with van der Waals surface area (Å²) in [5, 5.41) is 17.8. The van der Waals surface area contributed by atoms with Gasteiger partial charge in [-0.3, -0.25) is 19.6 Å². The zero-order valence-electron chi connectivity index (χ0n) is 17.4. The fourth-order valence-corrected chi connectivity index (χ4v) is 4.91. The van der Waals surface area contributed by atoms with Crippen LogP contribution in [0.5, 0.6) is 0 Å². The third-order valence-corrected chi connectivity index (χ3v) is 6.83. The van der Waals surface area contributed by atoms with Crippen LogP contribution < -0.4 is 10.0 Å². The number of hydrogen-bond acceptors (Lipinski definition) is 7. The van der Waals surface area contributed by atoms with Gasteiger partial charge in [0.2, 0.25) is 0 Å². The smallest absolute Gasteiger partial charge is 0.270 e. The Hall–Kier alpha value is -3.28. The van der Waals surface area contributed by atoms with Gasteiger partial charge in [-0.1, -0.05) is 18.2 Å². The highest BCUT2D eigenvalue weighted by Gasteiger charge is 2.22. The summed E-state index contributed by atoms with van der Waals surface area (Å²) in [6.07, 6.45) is 0. The number of carbonyl (C=O) groups excluding carboxylic acids is 1. The molecule has 1 atom stereocenters. The molecule has 0 spiro atoms. The number of nitrogens with one attached hydrogen (secondary N) is 2. The fraction of sp³-hybridized carbons (Fsp3) is 0.190. The molecule has 1 aromatic heterocycles. The summed E-state index contributed by atoms with van der Waals surface area (Å²) in [6, 6.07) is 12.8. The lowest BCUT2D eigenvalue weighted by Gasteiger charge is -2.24. The predicted octanol–water partition coefficient (Wildman–Crippen LogP) is 3.49. The minimum absolute atomic E-state index is 0.0427. The van der Waals surface area contributed by atoms with E-state index in [4.69, 9.17) is 0 Å². The molecule has 1 unspecified atom stereocenters. The number of sulfonamides is 1. The van der Waals surface area contributed by atoms with E-state index in [0.29, 0.717) is 6.54 Å². The highest BCUT2D eigenvalue weighted by molar-refractivity contribution is 7.92. The van der Waals surface area contributed by atoms with Crippen LogP contribution in [0.15, 0.2) is 70.3 Å². The van der Waals surface area contributed by atoms with E-state index in [9.17, 15) is 23.3 Å². The molecular formula is C21H22N4O5S2. The predicted molar refractivity (Wildman–Crippen MR) is 123 cm³/mol. The summed E-state index contributed by atoms with van der Waals surface area (Å²) in [4.78, 5) is 24.9. The van der Waals surface area contributed by atoms with E-state index in [1.165, 1.54) is 30.3 Å². The van der Waals surface area contributed by atoms with Crippen molar-refractivity contribution in [1.29, 1.82) is 0 Å². The lowest BCUT2D eigenvalue weighted by Crippen LogP contribution is -2.34. The number of non-ortho nitro benzene ring substituents is 1. The standard InChI is InChI=1S/C21H22N4O5S2/c1-24(2)20(15-10-11-31-14-15)13-22-21(26)18-8-3-4-9-19(18)23-32(29,30)17-7-5-6-16(12-17)25(27)28/h3-12,14,20,23H,13H2,1-2H3,(H,22,26). The van der Waals surface area contributed by atoms with Crippen LogP contribution in [0.2, 0.25) is 0 Å². The number of carbonyl (C=O) groups is 1. The van der Waals surface area contributed by atoms with Gasteiger partial charge in [0.25, 0.3) is 21.6 Å². The molecule has 0 aliphatic heterocycles. The molecule has 3 rings (SSSR count). The third kappa shape index (κ3) is 5.49. The number of nitro benzene ring substituents is 1. The number of anilines is 1. The van der Waals surface area contributed by atoms with Gasteiger partial charge in [0, 0.05) is 18.7 Å². The number of rotatable bonds is 9. The van der Waals surface area contributed by atoms with Gasteiger partial charge >= 0.3 is 0 Å². The van der Waals surface area contributed by atoms with E-state index >= 15 is 0 Å². The Balaban J connectivity index is 1.80. The van der Waals surface area contributed by atoms with Crippen molar-refractivity contribution >= 4 is 38.6 Å². The van der Waals surface area contributed by atoms with Crippen molar-refractivity contribution in [3.8, 4) is 0 Å². The first kappa shape index (κ1) is 23.4. The maximum absolute atomic E-state index is 12.9. The highest BCUT2D eigenvalue weighted by atomic mass is 32.2. The summed E-state index contributed by atoms with van der Waals surface area (Å²) in [5.41, 5.74) is 0.944. The molecule has 1 amide bonds. The van der Waals surface area contributed by atoms with E-state index in [0.717, 1.165) is 11.6 Å².